The van der Waals surface area contributed by atoms with E-state index in [-0.39, 0.29) is 11.3 Å². The SMILES string of the molecule is O=C(O)c1cccc(F)c1-n1cncn1. The van der Waals surface area contributed by atoms with Gasteiger partial charge in [0, 0.05) is 0 Å². The van der Waals surface area contributed by atoms with Crippen molar-refractivity contribution in [1.82, 2.24) is 14.8 Å². The molecule has 0 radical (unpaired) electrons. The van der Waals surface area contributed by atoms with Gasteiger partial charge in [0.05, 0.1) is 5.56 Å². The Labute approximate surface area is 83.8 Å². The summed E-state index contributed by atoms with van der Waals surface area (Å²) in [6.07, 6.45) is 2.45. The summed E-state index contributed by atoms with van der Waals surface area (Å²) in [7, 11) is 0. The highest BCUT2D eigenvalue weighted by atomic mass is 19.1. The number of para-hydroxylation sites is 1. The number of aromatic nitrogens is 3. The van der Waals surface area contributed by atoms with Crippen molar-refractivity contribution in [3.63, 3.8) is 0 Å². The van der Waals surface area contributed by atoms with Crippen LogP contribution in [0.4, 0.5) is 4.39 Å². The maximum Gasteiger partial charge on any atom is 0.338 e. The van der Waals surface area contributed by atoms with Crippen molar-refractivity contribution in [1.29, 1.82) is 0 Å². The van der Waals surface area contributed by atoms with Crippen LogP contribution in [0.1, 0.15) is 10.4 Å². The summed E-state index contributed by atoms with van der Waals surface area (Å²) in [6.45, 7) is 0. The molecule has 0 aliphatic carbocycles. The molecule has 0 spiro atoms. The van der Waals surface area contributed by atoms with Crippen LogP contribution in [0, 0.1) is 5.82 Å². The molecule has 0 aliphatic heterocycles. The first-order chi connectivity index (χ1) is 7.20. The first kappa shape index (κ1) is 9.32. The van der Waals surface area contributed by atoms with Crippen molar-refractivity contribution in [3.8, 4) is 5.69 Å². The Morgan fingerprint density at radius 1 is 1.47 bits per heavy atom. The number of halogens is 1. The Hall–Kier alpha value is -2.24. The molecule has 1 aromatic carbocycles. The summed E-state index contributed by atoms with van der Waals surface area (Å²) in [5.41, 5.74) is -0.261. The molecule has 1 heterocycles. The summed E-state index contributed by atoms with van der Waals surface area (Å²) >= 11 is 0. The van der Waals surface area contributed by atoms with E-state index in [2.05, 4.69) is 10.1 Å². The monoisotopic (exact) mass is 207 g/mol. The normalized spacial score (nSPS) is 10.2. The van der Waals surface area contributed by atoms with Crippen LogP contribution in [0.3, 0.4) is 0 Å². The number of benzene rings is 1. The van der Waals surface area contributed by atoms with Crippen molar-refractivity contribution in [2.24, 2.45) is 0 Å². The zero-order valence-electron chi connectivity index (χ0n) is 7.46. The fraction of sp³-hybridized carbons (Fsp3) is 0. The average Bonchev–Trinajstić information content (AvgIpc) is 2.70. The molecule has 1 N–H and O–H groups in total. The van der Waals surface area contributed by atoms with Crippen molar-refractivity contribution in [2.45, 2.75) is 0 Å². The van der Waals surface area contributed by atoms with Gasteiger partial charge in [-0.25, -0.2) is 18.9 Å². The van der Waals surface area contributed by atoms with Gasteiger partial charge in [0.25, 0.3) is 0 Å². The molecule has 6 heteroatoms. The Morgan fingerprint density at radius 3 is 2.87 bits per heavy atom. The molecule has 0 unspecified atom stereocenters. The third-order valence-electron chi connectivity index (χ3n) is 1.87. The minimum atomic E-state index is -1.21. The number of rotatable bonds is 2. The largest absolute Gasteiger partial charge is 0.478 e. The number of carboxylic acids is 1. The van der Waals surface area contributed by atoms with Crippen LogP contribution in [0.25, 0.3) is 5.69 Å². The minimum Gasteiger partial charge on any atom is -0.478 e. The second-order valence-electron chi connectivity index (χ2n) is 2.78. The maximum absolute atomic E-state index is 13.4. The summed E-state index contributed by atoms with van der Waals surface area (Å²) in [5.74, 6) is -1.86. The van der Waals surface area contributed by atoms with E-state index >= 15 is 0 Å². The lowest BCUT2D eigenvalue weighted by Crippen LogP contribution is -2.08. The lowest BCUT2D eigenvalue weighted by atomic mass is 10.1. The van der Waals surface area contributed by atoms with E-state index in [0.29, 0.717) is 0 Å². The van der Waals surface area contributed by atoms with Gasteiger partial charge in [0.2, 0.25) is 0 Å². The lowest BCUT2D eigenvalue weighted by Gasteiger charge is -2.05. The van der Waals surface area contributed by atoms with E-state index in [1.54, 1.807) is 0 Å². The van der Waals surface area contributed by atoms with Crippen molar-refractivity contribution < 1.29 is 14.3 Å². The molecule has 0 saturated carbocycles. The van der Waals surface area contributed by atoms with Crippen LogP contribution in [0.2, 0.25) is 0 Å². The second kappa shape index (κ2) is 3.49. The van der Waals surface area contributed by atoms with Gasteiger partial charge in [0.15, 0.2) is 0 Å². The quantitative estimate of drug-likeness (QED) is 0.800. The number of carboxylic acid groups (broad SMARTS) is 1. The zero-order chi connectivity index (χ0) is 10.8. The molecular weight excluding hydrogens is 201 g/mol. The fourth-order valence-corrected chi connectivity index (χ4v) is 1.24. The predicted octanol–water partition coefficient (Wildman–Crippen LogP) is 1.10. The van der Waals surface area contributed by atoms with Gasteiger partial charge in [-0.15, -0.1) is 0 Å². The molecular formula is C9H6FN3O2. The van der Waals surface area contributed by atoms with E-state index in [0.717, 1.165) is 4.68 Å². The van der Waals surface area contributed by atoms with Crippen LogP contribution in [0.5, 0.6) is 0 Å². The predicted molar refractivity (Wildman–Crippen MR) is 48.3 cm³/mol. The maximum atomic E-state index is 13.4. The molecule has 0 bridgehead atoms. The van der Waals surface area contributed by atoms with E-state index in [9.17, 15) is 9.18 Å². The van der Waals surface area contributed by atoms with Gasteiger partial charge in [-0.3, -0.25) is 0 Å². The average molecular weight is 207 g/mol. The topological polar surface area (TPSA) is 68.0 Å². The molecule has 1 aromatic heterocycles. The van der Waals surface area contributed by atoms with Crippen LogP contribution in [0.15, 0.2) is 30.9 Å². The van der Waals surface area contributed by atoms with Crippen molar-refractivity contribution in [3.05, 3.63) is 42.2 Å². The van der Waals surface area contributed by atoms with Gasteiger partial charge in [-0.05, 0) is 12.1 Å². The van der Waals surface area contributed by atoms with Crippen molar-refractivity contribution >= 4 is 5.97 Å². The Morgan fingerprint density at radius 2 is 2.27 bits per heavy atom. The molecule has 76 valence electrons. The van der Waals surface area contributed by atoms with Crippen LogP contribution < -0.4 is 0 Å². The van der Waals surface area contributed by atoms with E-state index < -0.39 is 11.8 Å². The van der Waals surface area contributed by atoms with E-state index in [1.165, 1.54) is 30.9 Å². The standard InChI is InChI=1S/C9H6FN3O2/c10-7-3-1-2-6(9(14)15)8(7)13-5-11-4-12-13/h1-5H,(H,14,15). The van der Waals surface area contributed by atoms with E-state index in [1.807, 2.05) is 0 Å². The first-order valence-corrected chi connectivity index (χ1v) is 4.07. The fourth-order valence-electron chi connectivity index (χ4n) is 1.24. The Bertz CT molecular complexity index is 496. The van der Waals surface area contributed by atoms with Crippen LogP contribution in [-0.2, 0) is 0 Å². The number of carbonyl (C=O) groups is 1. The zero-order valence-corrected chi connectivity index (χ0v) is 7.46. The molecule has 0 amide bonds. The van der Waals surface area contributed by atoms with Crippen LogP contribution in [-0.4, -0.2) is 25.8 Å². The molecule has 0 aliphatic rings. The van der Waals surface area contributed by atoms with E-state index in [4.69, 9.17) is 5.11 Å². The Balaban J connectivity index is 2.68. The highest BCUT2D eigenvalue weighted by Crippen LogP contribution is 2.17. The number of nitrogens with zero attached hydrogens (tertiary/aromatic N) is 3. The summed E-state index contributed by atoms with van der Waals surface area (Å²) < 4.78 is 14.5. The molecule has 0 fully saturated rings. The highest BCUT2D eigenvalue weighted by molar-refractivity contribution is 5.91. The molecule has 0 atom stereocenters. The smallest absolute Gasteiger partial charge is 0.338 e. The third-order valence-corrected chi connectivity index (χ3v) is 1.87. The minimum absolute atomic E-state index is 0.109. The molecule has 0 saturated heterocycles. The summed E-state index contributed by atoms with van der Waals surface area (Å²) in [4.78, 5) is 14.5. The summed E-state index contributed by atoms with van der Waals surface area (Å²) in [5, 5.41) is 12.6. The molecule has 2 rings (SSSR count). The van der Waals surface area contributed by atoms with Gasteiger partial charge in [0.1, 0.15) is 24.2 Å². The molecule has 2 aromatic rings. The van der Waals surface area contributed by atoms with Gasteiger partial charge < -0.3 is 5.11 Å². The number of aromatic carboxylic acids is 1. The van der Waals surface area contributed by atoms with Gasteiger partial charge in [-0.2, -0.15) is 5.10 Å². The van der Waals surface area contributed by atoms with Crippen LogP contribution >= 0.6 is 0 Å². The number of hydrogen-bond donors (Lipinski definition) is 1. The van der Waals surface area contributed by atoms with Gasteiger partial charge in [-0.1, -0.05) is 6.07 Å². The second-order valence-corrected chi connectivity index (χ2v) is 2.78. The molecule has 15 heavy (non-hydrogen) atoms. The first-order valence-electron chi connectivity index (χ1n) is 4.07. The lowest BCUT2D eigenvalue weighted by molar-refractivity contribution is 0.0696. The highest BCUT2D eigenvalue weighted by Gasteiger charge is 2.16. The van der Waals surface area contributed by atoms with Crippen molar-refractivity contribution in [2.75, 3.05) is 0 Å². The molecule has 5 nitrogen and oxygen atoms in total. The Kier molecular flexibility index (Phi) is 2.17. The third kappa shape index (κ3) is 1.56. The summed E-state index contributed by atoms with van der Waals surface area (Å²) in [6, 6.07) is 3.81. The van der Waals surface area contributed by atoms with Gasteiger partial charge >= 0.3 is 5.97 Å². The number of hydrogen-bond acceptors (Lipinski definition) is 3.